The summed E-state index contributed by atoms with van der Waals surface area (Å²) in [6, 6.07) is 8.38. The molecule has 0 amide bonds. The van der Waals surface area contributed by atoms with Crippen LogP contribution in [0.5, 0.6) is 0 Å². The van der Waals surface area contributed by atoms with Gasteiger partial charge in [0.15, 0.2) is 0 Å². The second-order valence-corrected chi connectivity index (χ2v) is 4.02. The Labute approximate surface area is 95.5 Å². The van der Waals surface area contributed by atoms with Crippen LogP contribution in [0.25, 0.3) is 0 Å². The van der Waals surface area contributed by atoms with E-state index in [2.05, 4.69) is 42.5 Å². The molecule has 0 aliphatic rings. The highest BCUT2D eigenvalue weighted by molar-refractivity contribution is 5.30. The van der Waals surface area contributed by atoms with Crippen molar-refractivity contribution in [1.29, 1.82) is 0 Å². The van der Waals surface area contributed by atoms with E-state index in [0.717, 1.165) is 18.8 Å². The van der Waals surface area contributed by atoms with Crippen LogP contribution in [0.1, 0.15) is 22.4 Å². The summed E-state index contributed by atoms with van der Waals surface area (Å²) in [5, 5.41) is 7.20. The molecule has 1 N–H and O–H groups in total. The summed E-state index contributed by atoms with van der Waals surface area (Å²) in [4.78, 5) is 0. The van der Waals surface area contributed by atoms with E-state index in [1.54, 1.807) is 6.26 Å². The van der Waals surface area contributed by atoms with E-state index in [9.17, 15) is 0 Å². The Balaban J connectivity index is 1.92. The number of hydrogen-bond acceptors (Lipinski definition) is 3. The first kappa shape index (κ1) is 10.9. The van der Waals surface area contributed by atoms with E-state index in [-0.39, 0.29) is 0 Å². The molecule has 0 radical (unpaired) electrons. The van der Waals surface area contributed by atoms with E-state index < -0.39 is 0 Å². The SMILES string of the molecule is Cc1ccc(C)c(CNCc2ccon2)c1. The summed E-state index contributed by atoms with van der Waals surface area (Å²) < 4.78 is 4.77. The molecule has 0 saturated carbocycles. The minimum Gasteiger partial charge on any atom is -0.364 e. The second kappa shape index (κ2) is 4.94. The van der Waals surface area contributed by atoms with Crippen molar-refractivity contribution < 1.29 is 4.52 Å². The fraction of sp³-hybridized carbons (Fsp3) is 0.308. The molecule has 0 bridgehead atoms. The first-order valence-electron chi connectivity index (χ1n) is 5.42. The van der Waals surface area contributed by atoms with Gasteiger partial charge in [0, 0.05) is 19.2 Å². The molecular formula is C13H16N2O. The van der Waals surface area contributed by atoms with Gasteiger partial charge in [-0.1, -0.05) is 28.9 Å². The van der Waals surface area contributed by atoms with Gasteiger partial charge in [-0.3, -0.25) is 0 Å². The number of nitrogens with zero attached hydrogens (tertiary/aromatic N) is 1. The molecule has 3 nitrogen and oxygen atoms in total. The Morgan fingerprint density at radius 2 is 2.06 bits per heavy atom. The van der Waals surface area contributed by atoms with Crippen molar-refractivity contribution in [3.63, 3.8) is 0 Å². The normalized spacial score (nSPS) is 10.6. The molecule has 2 rings (SSSR count). The number of aryl methyl sites for hydroxylation is 2. The van der Waals surface area contributed by atoms with Crippen molar-refractivity contribution in [2.75, 3.05) is 0 Å². The molecule has 0 unspecified atom stereocenters. The van der Waals surface area contributed by atoms with Gasteiger partial charge in [-0.2, -0.15) is 0 Å². The van der Waals surface area contributed by atoms with Crippen molar-refractivity contribution >= 4 is 0 Å². The number of benzene rings is 1. The Morgan fingerprint density at radius 3 is 2.81 bits per heavy atom. The third kappa shape index (κ3) is 2.70. The smallest absolute Gasteiger partial charge is 0.124 e. The van der Waals surface area contributed by atoms with Gasteiger partial charge in [-0.05, 0) is 25.0 Å². The van der Waals surface area contributed by atoms with Crippen molar-refractivity contribution in [1.82, 2.24) is 10.5 Å². The minimum atomic E-state index is 0.740. The molecule has 0 aliphatic heterocycles. The zero-order chi connectivity index (χ0) is 11.4. The van der Waals surface area contributed by atoms with Crippen LogP contribution in [0, 0.1) is 13.8 Å². The lowest BCUT2D eigenvalue weighted by atomic mass is 10.1. The van der Waals surface area contributed by atoms with Gasteiger partial charge >= 0.3 is 0 Å². The highest BCUT2D eigenvalue weighted by Crippen LogP contribution is 2.10. The Kier molecular flexibility index (Phi) is 3.37. The summed E-state index contributed by atoms with van der Waals surface area (Å²) in [7, 11) is 0. The fourth-order valence-corrected chi connectivity index (χ4v) is 1.64. The molecule has 1 aromatic heterocycles. The fourth-order valence-electron chi connectivity index (χ4n) is 1.64. The molecule has 0 aliphatic carbocycles. The lowest BCUT2D eigenvalue weighted by Crippen LogP contribution is -2.13. The molecule has 0 saturated heterocycles. The van der Waals surface area contributed by atoms with Crippen LogP contribution >= 0.6 is 0 Å². The largest absolute Gasteiger partial charge is 0.364 e. The zero-order valence-electron chi connectivity index (χ0n) is 9.66. The van der Waals surface area contributed by atoms with Crippen LogP contribution in [-0.2, 0) is 13.1 Å². The van der Waals surface area contributed by atoms with Crippen molar-refractivity contribution in [2.24, 2.45) is 0 Å². The van der Waals surface area contributed by atoms with Crippen LogP contribution in [0.4, 0.5) is 0 Å². The zero-order valence-corrected chi connectivity index (χ0v) is 9.66. The maximum absolute atomic E-state index is 4.77. The Morgan fingerprint density at radius 1 is 1.19 bits per heavy atom. The lowest BCUT2D eigenvalue weighted by molar-refractivity contribution is 0.408. The average Bonchev–Trinajstić information content (AvgIpc) is 2.76. The van der Waals surface area contributed by atoms with Gasteiger partial charge in [-0.15, -0.1) is 0 Å². The maximum Gasteiger partial charge on any atom is 0.124 e. The standard InChI is InChI=1S/C13H16N2O/c1-10-3-4-11(2)12(7-10)8-14-9-13-5-6-16-15-13/h3-7,14H,8-9H2,1-2H3. The number of rotatable bonds is 4. The molecular weight excluding hydrogens is 200 g/mol. The molecule has 16 heavy (non-hydrogen) atoms. The molecule has 0 fully saturated rings. The van der Waals surface area contributed by atoms with E-state index in [0.29, 0.717) is 0 Å². The van der Waals surface area contributed by atoms with E-state index in [4.69, 9.17) is 4.52 Å². The topological polar surface area (TPSA) is 38.1 Å². The number of hydrogen-bond donors (Lipinski definition) is 1. The second-order valence-electron chi connectivity index (χ2n) is 4.02. The molecule has 0 atom stereocenters. The van der Waals surface area contributed by atoms with Crippen molar-refractivity contribution in [3.8, 4) is 0 Å². The van der Waals surface area contributed by atoms with Crippen LogP contribution < -0.4 is 5.32 Å². The van der Waals surface area contributed by atoms with Crippen molar-refractivity contribution in [3.05, 3.63) is 52.9 Å². The van der Waals surface area contributed by atoms with Crippen molar-refractivity contribution in [2.45, 2.75) is 26.9 Å². The summed E-state index contributed by atoms with van der Waals surface area (Å²) in [6.45, 7) is 5.84. The van der Waals surface area contributed by atoms with Gasteiger partial charge in [0.05, 0.1) is 5.69 Å². The molecule has 1 aromatic carbocycles. The van der Waals surface area contributed by atoms with Crippen LogP contribution in [0.3, 0.4) is 0 Å². The van der Waals surface area contributed by atoms with Gasteiger partial charge in [0.25, 0.3) is 0 Å². The average molecular weight is 216 g/mol. The van der Waals surface area contributed by atoms with E-state index >= 15 is 0 Å². The summed E-state index contributed by atoms with van der Waals surface area (Å²) in [6.07, 6.45) is 1.59. The highest BCUT2D eigenvalue weighted by atomic mass is 16.5. The van der Waals surface area contributed by atoms with Crippen LogP contribution in [0.15, 0.2) is 35.1 Å². The minimum absolute atomic E-state index is 0.740. The Hall–Kier alpha value is -1.61. The highest BCUT2D eigenvalue weighted by Gasteiger charge is 2.00. The van der Waals surface area contributed by atoms with E-state index in [1.165, 1.54) is 16.7 Å². The van der Waals surface area contributed by atoms with Gasteiger partial charge in [0.2, 0.25) is 0 Å². The molecule has 2 aromatic rings. The first-order chi connectivity index (χ1) is 7.75. The quantitative estimate of drug-likeness (QED) is 0.853. The lowest BCUT2D eigenvalue weighted by Gasteiger charge is -2.07. The third-order valence-electron chi connectivity index (χ3n) is 2.62. The summed E-state index contributed by atoms with van der Waals surface area (Å²) >= 11 is 0. The van der Waals surface area contributed by atoms with Crippen LogP contribution in [-0.4, -0.2) is 5.16 Å². The third-order valence-corrected chi connectivity index (χ3v) is 2.62. The van der Waals surface area contributed by atoms with Gasteiger partial charge in [-0.25, -0.2) is 0 Å². The predicted octanol–water partition coefficient (Wildman–Crippen LogP) is 2.58. The number of aromatic nitrogens is 1. The Bertz CT molecular complexity index is 449. The van der Waals surface area contributed by atoms with Crippen LogP contribution in [0.2, 0.25) is 0 Å². The number of nitrogens with one attached hydrogen (secondary N) is 1. The molecule has 3 heteroatoms. The predicted molar refractivity (Wildman–Crippen MR) is 63.0 cm³/mol. The summed E-state index contributed by atoms with van der Waals surface area (Å²) in [5.41, 5.74) is 4.89. The monoisotopic (exact) mass is 216 g/mol. The first-order valence-corrected chi connectivity index (χ1v) is 5.42. The molecule has 84 valence electrons. The molecule has 0 spiro atoms. The van der Waals surface area contributed by atoms with E-state index in [1.807, 2.05) is 6.07 Å². The van der Waals surface area contributed by atoms with Gasteiger partial charge in [0.1, 0.15) is 6.26 Å². The maximum atomic E-state index is 4.77. The summed E-state index contributed by atoms with van der Waals surface area (Å²) in [5.74, 6) is 0. The molecule has 1 heterocycles. The van der Waals surface area contributed by atoms with Gasteiger partial charge < -0.3 is 9.84 Å².